The Kier molecular flexibility index (Phi) is 13.1. The van der Waals surface area contributed by atoms with Crippen LogP contribution in [0, 0.1) is 29.4 Å². The van der Waals surface area contributed by atoms with Gasteiger partial charge in [0.05, 0.1) is 33.9 Å². The zero-order chi connectivity index (χ0) is 47.3. The number of aromatic nitrogens is 5. The number of fused-ring (bicyclic) bond motifs is 4. The standard InChI is InChI=1S/C39H32ClF10N7O5S2.Na.H/c1-36(2,63(3,59)60)10-9-21-5-6-22(23-7-8-26(40)30-32(23)57(17-37(43,44)45)54-35(30)55-64(4,61)62)31(51-21)27(13-18-11-19(41)14-20(42)12-18)52-28(58)16-56-34-29(33(53-56)39(48,49)50)24-15-25(24)38(34,46)47;;/h5-8,11-12,14,24-25,27H,13,15-17H2,1-4H3,(H,52,58)(H,54,55);;/q;+1;-1/t24-,25+,27-;;/m0../s1. The molecule has 0 radical (unpaired) electrons. The number of rotatable bonds is 11. The molecule has 0 spiro atoms. The molecule has 0 aliphatic heterocycles. The molecule has 1 fully saturated rings. The Morgan fingerprint density at radius 3 is 2.18 bits per heavy atom. The summed E-state index contributed by atoms with van der Waals surface area (Å²) >= 11 is 6.46. The van der Waals surface area contributed by atoms with Gasteiger partial charge >= 0.3 is 41.9 Å². The number of carbonyl (C=O) groups is 1. The van der Waals surface area contributed by atoms with E-state index in [0.717, 1.165) is 24.5 Å². The number of halogens is 11. The molecule has 5 aromatic rings. The van der Waals surface area contributed by atoms with Gasteiger partial charge < -0.3 is 6.74 Å². The van der Waals surface area contributed by atoms with Crippen LogP contribution < -0.4 is 39.6 Å². The molecule has 2 aliphatic rings. The van der Waals surface area contributed by atoms with E-state index in [0.29, 0.717) is 17.0 Å². The summed E-state index contributed by atoms with van der Waals surface area (Å²) in [4.78, 5) is 18.5. The smallest absolute Gasteiger partial charge is 1.00 e. The maximum Gasteiger partial charge on any atom is 1.00 e. The van der Waals surface area contributed by atoms with Gasteiger partial charge in [-0.05, 0) is 74.4 Å². The maximum atomic E-state index is 15.5. The van der Waals surface area contributed by atoms with Crippen molar-refractivity contribution in [2.45, 2.75) is 74.8 Å². The number of benzene rings is 2. The third-order valence-corrected chi connectivity index (χ3v) is 13.4. The predicted octanol–water partition coefficient (Wildman–Crippen LogP) is 4.78. The summed E-state index contributed by atoms with van der Waals surface area (Å²) in [6, 6.07) is 5.24. The van der Waals surface area contributed by atoms with Gasteiger partial charge in [-0.15, -0.1) is 0 Å². The molecule has 26 heteroatoms. The summed E-state index contributed by atoms with van der Waals surface area (Å²) < 4.78 is 195. The maximum absolute atomic E-state index is 15.5. The van der Waals surface area contributed by atoms with E-state index in [2.05, 4.69) is 32.3 Å². The van der Waals surface area contributed by atoms with Gasteiger partial charge in [0.25, 0.3) is 5.92 Å². The van der Waals surface area contributed by atoms with Crippen molar-refractivity contribution in [2.24, 2.45) is 5.92 Å². The topological polar surface area (TPSA) is 158 Å². The Balaban J connectivity index is 0.00000408. The minimum atomic E-state index is -5.19. The zero-order valence-electron chi connectivity index (χ0n) is 35.4. The Hall–Kier alpha value is -4.41. The summed E-state index contributed by atoms with van der Waals surface area (Å²) in [6.07, 6.45) is -9.46. The molecule has 2 aliphatic carbocycles. The van der Waals surface area contributed by atoms with Crippen molar-refractivity contribution in [3.8, 4) is 23.0 Å². The number of hydrogen-bond donors (Lipinski definition) is 2. The molecular weight excluding hydrogens is 959 g/mol. The van der Waals surface area contributed by atoms with E-state index in [-0.39, 0.29) is 80.6 Å². The van der Waals surface area contributed by atoms with Gasteiger partial charge in [-0.2, -0.15) is 45.3 Å². The van der Waals surface area contributed by atoms with E-state index >= 15 is 8.78 Å². The molecule has 3 atom stereocenters. The molecule has 7 rings (SSSR count). The molecule has 12 nitrogen and oxygen atoms in total. The molecule has 0 saturated heterocycles. The van der Waals surface area contributed by atoms with Crippen LogP contribution in [-0.4, -0.2) is 70.7 Å². The minimum Gasteiger partial charge on any atom is -1.00 e. The third-order valence-electron chi connectivity index (χ3n) is 10.6. The first kappa shape index (κ1) is 50.0. The molecule has 344 valence electrons. The summed E-state index contributed by atoms with van der Waals surface area (Å²) in [5.74, 6) is -5.43. The van der Waals surface area contributed by atoms with Crippen LogP contribution >= 0.6 is 11.6 Å². The second kappa shape index (κ2) is 17.0. The van der Waals surface area contributed by atoms with Crippen molar-refractivity contribution in [3.63, 3.8) is 0 Å². The number of hydrogen-bond acceptors (Lipinski definition) is 8. The van der Waals surface area contributed by atoms with Gasteiger partial charge in [-0.25, -0.2) is 30.6 Å². The second-order valence-electron chi connectivity index (χ2n) is 15.9. The van der Waals surface area contributed by atoms with Crippen LogP contribution in [-0.2, 0) is 56.3 Å². The van der Waals surface area contributed by atoms with Crippen LogP contribution in [0.15, 0.2) is 42.5 Å². The van der Waals surface area contributed by atoms with E-state index in [1.54, 1.807) is 0 Å². The monoisotopic (exact) mass is 991 g/mol. The molecule has 3 aromatic heterocycles. The predicted molar refractivity (Wildman–Crippen MR) is 212 cm³/mol. The number of anilines is 1. The van der Waals surface area contributed by atoms with E-state index in [1.807, 2.05) is 4.72 Å². The minimum absolute atomic E-state index is 0. The number of alkyl halides is 8. The van der Waals surface area contributed by atoms with Crippen molar-refractivity contribution in [1.82, 2.24) is 29.9 Å². The summed E-state index contributed by atoms with van der Waals surface area (Å²) in [5, 5.41) is 9.01. The molecular formula is C39H33ClF10N7NaO5S2. The van der Waals surface area contributed by atoms with Gasteiger partial charge in [0.15, 0.2) is 21.3 Å². The molecule has 2 N–H and O–H groups in total. The normalized spacial score (nSPS) is 17.4. The number of sulfone groups is 1. The largest absolute Gasteiger partial charge is 1.00 e. The first-order valence-electron chi connectivity index (χ1n) is 18.6. The Bertz CT molecular complexity index is 3040. The van der Waals surface area contributed by atoms with Crippen molar-refractivity contribution in [2.75, 3.05) is 17.2 Å². The number of amides is 1. The number of carbonyl (C=O) groups excluding carboxylic acids is 1. The fourth-order valence-corrected chi connectivity index (χ4v) is 8.50. The van der Waals surface area contributed by atoms with Crippen LogP contribution in [0.4, 0.5) is 49.7 Å². The molecule has 65 heavy (non-hydrogen) atoms. The first-order valence-corrected chi connectivity index (χ1v) is 22.8. The molecule has 0 unspecified atom stereocenters. The molecule has 1 saturated carbocycles. The molecule has 0 bridgehead atoms. The Labute approximate surface area is 392 Å². The first-order chi connectivity index (χ1) is 29.3. The van der Waals surface area contributed by atoms with Crippen molar-refractivity contribution >= 4 is 54.1 Å². The van der Waals surface area contributed by atoms with Gasteiger partial charge in [0, 0.05) is 34.9 Å². The Morgan fingerprint density at radius 2 is 1.60 bits per heavy atom. The van der Waals surface area contributed by atoms with Crippen LogP contribution in [0.25, 0.3) is 22.0 Å². The average Bonchev–Trinajstić information content (AvgIpc) is 3.66. The number of nitrogens with zero attached hydrogens (tertiary/aromatic N) is 5. The van der Waals surface area contributed by atoms with Crippen LogP contribution in [0.1, 0.15) is 67.6 Å². The van der Waals surface area contributed by atoms with Crippen molar-refractivity contribution in [1.29, 1.82) is 0 Å². The molecule has 1 amide bonds. The number of pyridine rings is 1. The number of sulfonamides is 1. The zero-order valence-corrected chi connectivity index (χ0v) is 38.7. The quantitative estimate of drug-likeness (QED) is 0.109. The van der Waals surface area contributed by atoms with E-state index in [1.165, 1.54) is 32.0 Å². The summed E-state index contributed by atoms with van der Waals surface area (Å²) in [5.41, 5.74) is -5.17. The second-order valence-corrected chi connectivity index (χ2v) is 20.6. The van der Waals surface area contributed by atoms with Gasteiger partial charge in [0.2, 0.25) is 15.9 Å². The van der Waals surface area contributed by atoms with Gasteiger partial charge in [-0.3, -0.25) is 18.9 Å². The fourth-order valence-electron chi connectivity index (χ4n) is 7.52. The van der Waals surface area contributed by atoms with Crippen LogP contribution in [0.5, 0.6) is 0 Å². The third kappa shape index (κ3) is 10.3. The van der Waals surface area contributed by atoms with E-state index < -0.39 is 126 Å². The summed E-state index contributed by atoms with van der Waals surface area (Å²) in [7, 11) is -8.06. The van der Waals surface area contributed by atoms with Gasteiger partial charge in [-0.1, -0.05) is 23.6 Å². The van der Waals surface area contributed by atoms with Crippen molar-refractivity contribution in [3.05, 3.63) is 93.0 Å². The van der Waals surface area contributed by atoms with Crippen molar-refractivity contribution < 1.29 is 96.5 Å². The van der Waals surface area contributed by atoms with Crippen LogP contribution in [0.3, 0.4) is 0 Å². The number of nitrogens with one attached hydrogen (secondary N) is 2. The summed E-state index contributed by atoms with van der Waals surface area (Å²) in [6.45, 7) is -0.547. The average molecular weight is 992 g/mol. The fraction of sp³-hybridized carbons (Fsp3) is 0.385. The molecule has 3 heterocycles. The van der Waals surface area contributed by atoms with Gasteiger partial charge in [0.1, 0.15) is 40.9 Å². The van der Waals surface area contributed by atoms with Crippen LogP contribution in [0.2, 0.25) is 5.02 Å². The van der Waals surface area contributed by atoms with E-state index in [4.69, 9.17) is 11.6 Å². The van der Waals surface area contributed by atoms with E-state index in [9.17, 15) is 56.8 Å². The Morgan fingerprint density at radius 1 is 0.969 bits per heavy atom. The molecule has 2 aromatic carbocycles. The SMILES string of the molecule is CC(C)(C#Cc1ccc(-c2ccc(Cl)c3c(NS(C)(=O)=O)nn(CC(F)(F)F)c23)c([C@H](Cc2cc(F)cc(F)c2)NC(=O)Cn2nc(C(F)(F)F)c3c2C(F)(F)[C@@H]2C[C@H]32)n1)S(C)(=O)=O.[H-].[Na+].